The summed E-state index contributed by atoms with van der Waals surface area (Å²) >= 11 is 0. The second-order valence-corrected chi connectivity index (χ2v) is 6.20. The maximum absolute atomic E-state index is 12.2. The lowest BCUT2D eigenvalue weighted by molar-refractivity contribution is -0.145. The van der Waals surface area contributed by atoms with Crippen molar-refractivity contribution >= 4 is 23.8 Å². The number of carboxylic acid groups (broad SMARTS) is 2. The predicted molar refractivity (Wildman–Crippen MR) is 95.2 cm³/mol. The summed E-state index contributed by atoms with van der Waals surface area (Å²) in [5, 5.41) is 40.8. The number of aliphatic carboxylic acids is 2. The lowest BCUT2D eigenvalue weighted by Crippen LogP contribution is -2.57. The minimum atomic E-state index is -1.67. The van der Waals surface area contributed by atoms with E-state index in [1.54, 1.807) is 12.1 Å². The van der Waals surface area contributed by atoms with Crippen LogP contribution in [0.2, 0.25) is 0 Å². The summed E-state index contributed by atoms with van der Waals surface area (Å²) in [5.41, 5.74) is 6.40. The summed E-state index contributed by atoms with van der Waals surface area (Å²) in [5.74, 6) is -4.80. The molecule has 0 spiro atoms. The molecule has 0 aliphatic carbocycles. The van der Waals surface area contributed by atoms with Gasteiger partial charge in [0, 0.05) is 0 Å². The van der Waals surface area contributed by atoms with Gasteiger partial charge in [0.15, 0.2) is 6.04 Å². The molecular weight excluding hydrogens is 374 g/mol. The molecule has 8 N–H and O–H groups in total. The number of hydrogen-bond donors (Lipinski definition) is 7. The van der Waals surface area contributed by atoms with E-state index >= 15 is 0 Å². The number of benzene rings is 1. The fraction of sp³-hybridized carbons (Fsp3) is 0.412. The van der Waals surface area contributed by atoms with Crippen LogP contribution in [-0.2, 0) is 25.6 Å². The topological polar surface area (TPSA) is 199 Å². The fourth-order valence-electron chi connectivity index (χ4n) is 2.28. The summed E-state index contributed by atoms with van der Waals surface area (Å²) in [6.07, 6.45) is -2.20. The average Bonchev–Trinajstić information content (AvgIpc) is 2.59. The van der Waals surface area contributed by atoms with E-state index in [1.165, 1.54) is 12.1 Å². The fourth-order valence-corrected chi connectivity index (χ4v) is 2.28. The Morgan fingerprint density at radius 3 is 2.07 bits per heavy atom. The molecule has 0 fully saturated rings. The van der Waals surface area contributed by atoms with Gasteiger partial charge < -0.3 is 36.8 Å². The van der Waals surface area contributed by atoms with Gasteiger partial charge in [-0.05, 0) is 31.0 Å². The van der Waals surface area contributed by atoms with Crippen molar-refractivity contribution < 1.29 is 39.6 Å². The number of rotatable bonds is 10. The van der Waals surface area contributed by atoms with Crippen LogP contribution in [0.5, 0.6) is 5.75 Å². The number of nitrogens with one attached hydrogen (secondary N) is 2. The maximum atomic E-state index is 12.2. The monoisotopic (exact) mass is 397 g/mol. The van der Waals surface area contributed by atoms with Crippen molar-refractivity contribution in [2.24, 2.45) is 5.73 Å². The Hall–Kier alpha value is -3.18. The molecule has 4 atom stereocenters. The van der Waals surface area contributed by atoms with E-state index in [-0.39, 0.29) is 12.2 Å². The van der Waals surface area contributed by atoms with E-state index in [4.69, 9.17) is 15.9 Å². The van der Waals surface area contributed by atoms with Crippen molar-refractivity contribution in [2.75, 3.05) is 0 Å². The van der Waals surface area contributed by atoms with Crippen LogP contribution < -0.4 is 16.4 Å². The van der Waals surface area contributed by atoms with Gasteiger partial charge in [0.1, 0.15) is 11.8 Å². The summed E-state index contributed by atoms with van der Waals surface area (Å²) in [6, 6.07) is 1.52. The Kier molecular flexibility index (Phi) is 8.35. The highest BCUT2D eigenvalue weighted by atomic mass is 16.4. The summed E-state index contributed by atoms with van der Waals surface area (Å²) in [6.45, 7) is 1.14. The molecule has 2 amide bonds. The zero-order valence-corrected chi connectivity index (χ0v) is 15.0. The molecule has 0 radical (unpaired) electrons. The highest BCUT2D eigenvalue weighted by Gasteiger charge is 2.31. The van der Waals surface area contributed by atoms with Crippen molar-refractivity contribution in [3.8, 4) is 5.75 Å². The Balaban J connectivity index is 2.81. The minimum Gasteiger partial charge on any atom is -0.508 e. The summed E-state index contributed by atoms with van der Waals surface area (Å²) < 4.78 is 0. The lowest BCUT2D eigenvalue weighted by atomic mass is 10.0. The first kappa shape index (κ1) is 22.9. The van der Waals surface area contributed by atoms with Gasteiger partial charge in [-0.15, -0.1) is 0 Å². The molecule has 0 bridgehead atoms. The van der Waals surface area contributed by atoms with Crippen LogP contribution >= 0.6 is 0 Å². The molecule has 0 unspecified atom stereocenters. The van der Waals surface area contributed by atoms with Crippen LogP contribution in [0.1, 0.15) is 18.9 Å². The summed E-state index contributed by atoms with van der Waals surface area (Å²) in [7, 11) is 0. The van der Waals surface area contributed by atoms with Crippen molar-refractivity contribution in [3.05, 3.63) is 29.8 Å². The number of aromatic hydroxyl groups is 1. The molecule has 1 aromatic rings. The number of aliphatic hydroxyl groups excluding tert-OH is 1. The van der Waals surface area contributed by atoms with Crippen molar-refractivity contribution in [2.45, 2.75) is 44.0 Å². The Labute approximate surface area is 160 Å². The molecule has 0 aliphatic heterocycles. The van der Waals surface area contributed by atoms with Crippen LogP contribution in [-0.4, -0.2) is 68.4 Å². The number of phenols is 1. The zero-order valence-electron chi connectivity index (χ0n) is 15.0. The van der Waals surface area contributed by atoms with E-state index in [1.807, 2.05) is 5.32 Å². The van der Waals surface area contributed by atoms with Gasteiger partial charge in [0.05, 0.1) is 18.6 Å². The summed E-state index contributed by atoms with van der Waals surface area (Å²) in [4.78, 5) is 46.5. The molecule has 1 rings (SSSR count). The lowest BCUT2D eigenvalue weighted by Gasteiger charge is -2.23. The molecule has 0 saturated carbocycles. The molecule has 28 heavy (non-hydrogen) atoms. The average molecular weight is 397 g/mol. The quantitative estimate of drug-likeness (QED) is 0.237. The third kappa shape index (κ3) is 7.21. The molecule has 0 heterocycles. The van der Waals surface area contributed by atoms with E-state index in [0.29, 0.717) is 5.56 Å². The van der Waals surface area contributed by atoms with Gasteiger partial charge in [-0.3, -0.25) is 14.4 Å². The van der Waals surface area contributed by atoms with Gasteiger partial charge in [-0.2, -0.15) is 0 Å². The number of carbonyl (C=O) groups excluding carboxylic acids is 2. The smallest absolute Gasteiger partial charge is 0.328 e. The Bertz CT molecular complexity index is 720. The molecule has 1 aromatic carbocycles. The number of aliphatic hydroxyl groups is 1. The number of carboxylic acids is 2. The molecule has 11 heteroatoms. The number of amides is 2. The molecule has 0 aliphatic rings. The van der Waals surface area contributed by atoms with E-state index in [0.717, 1.165) is 6.92 Å². The second kappa shape index (κ2) is 10.2. The van der Waals surface area contributed by atoms with Crippen LogP contribution in [0.25, 0.3) is 0 Å². The molecule has 11 nitrogen and oxygen atoms in total. The second-order valence-electron chi connectivity index (χ2n) is 6.20. The van der Waals surface area contributed by atoms with Gasteiger partial charge >= 0.3 is 11.9 Å². The predicted octanol–water partition coefficient (Wildman–Crippen LogP) is -1.83. The van der Waals surface area contributed by atoms with E-state index in [2.05, 4.69) is 5.32 Å². The molecule has 154 valence electrons. The van der Waals surface area contributed by atoms with Gasteiger partial charge in [0.2, 0.25) is 11.8 Å². The van der Waals surface area contributed by atoms with Gasteiger partial charge in [-0.25, -0.2) is 4.79 Å². The Morgan fingerprint density at radius 1 is 1.04 bits per heavy atom. The van der Waals surface area contributed by atoms with Crippen molar-refractivity contribution in [1.29, 1.82) is 0 Å². The first-order chi connectivity index (χ1) is 13.0. The first-order valence-corrected chi connectivity index (χ1v) is 8.28. The van der Waals surface area contributed by atoms with Crippen LogP contribution in [0.3, 0.4) is 0 Å². The third-order valence-electron chi connectivity index (χ3n) is 3.79. The normalized spacial score (nSPS) is 15.0. The van der Waals surface area contributed by atoms with Crippen LogP contribution in [0.15, 0.2) is 24.3 Å². The van der Waals surface area contributed by atoms with Crippen molar-refractivity contribution in [1.82, 2.24) is 10.6 Å². The minimum absolute atomic E-state index is 0.0334. The van der Waals surface area contributed by atoms with Gasteiger partial charge in [0.25, 0.3) is 0 Å². The Morgan fingerprint density at radius 2 is 1.61 bits per heavy atom. The zero-order chi connectivity index (χ0) is 21.4. The molecule has 0 aromatic heterocycles. The maximum Gasteiger partial charge on any atom is 0.328 e. The van der Waals surface area contributed by atoms with Crippen LogP contribution in [0, 0.1) is 0 Å². The standard InChI is InChI=1S/C17H23N3O8/c1-8(21)14(17(27)28)20-16(26)12(7-13(23)24)19-15(25)11(18)6-9-2-4-10(22)5-3-9/h2-5,8,11-12,14,21-22H,6-7,18H2,1H3,(H,19,25)(H,20,26)(H,23,24)(H,27,28)/t8-,11+,12+,14+/m1/s1. The first-order valence-electron chi connectivity index (χ1n) is 8.28. The number of hydrogen-bond acceptors (Lipinski definition) is 7. The highest BCUT2D eigenvalue weighted by molar-refractivity contribution is 5.94. The highest BCUT2D eigenvalue weighted by Crippen LogP contribution is 2.11. The van der Waals surface area contributed by atoms with Gasteiger partial charge in [-0.1, -0.05) is 12.1 Å². The molecule has 0 saturated heterocycles. The van der Waals surface area contributed by atoms with E-state index < -0.39 is 54.4 Å². The third-order valence-corrected chi connectivity index (χ3v) is 3.79. The van der Waals surface area contributed by atoms with Crippen molar-refractivity contribution in [3.63, 3.8) is 0 Å². The van der Waals surface area contributed by atoms with E-state index in [9.17, 15) is 29.4 Å². The number of phenolic OH excluding ortho intramolecular Hbond substituents is 1. The molecular formula is C17H23N3O8. The number of nitrogens with two attached hydrogens (primary N) is 1. The van der Waals surface area contributed by atoms with Crippen LogP contribution in [0.4, 0.5) is 0 Å². The number of carbonyl (C=O) groups is 4. The SMILES string of the molecule is C[C@@H](O)[C@H](NC(=O)[C@H](CC(=O)O)NC(=O)[C@@H](N)Cc1ccc(O)cc1)C(=O)O. The largest absolute Gasteiger partial charge is 0.508 e.